The van der Waals surface area contributed by atoms with Crippen LogP contribution < -0.4 is 4.74 Å². The number of nitrogens with zero attached hydrogens (tertiary/aromatic N) is 1. The molecule has 2 aromatic rings. The normalized spacial score (nSPS) is 10.8. The number of aromatic nitrogens is 1. The van der Waals surface area contributed by atoms with Crippen LogP contribution in [-0.2, 0) is 0 Å². The van der Waals surface area contributed by atoms with Crippen molar-refractivity contribution in [2.75, 3.05) is 0 Å². The molecule has 0 bridgehead atoms. The molecule has 0 saturated heterocycles. The molecule has 2 nitrogen and oxygen atoms in total. The second kappa shape index (κ2) is 5.79. The van der Waals surface area contributed by atoms with E-state index < -0.39 is 12.2 Å². The summed E-state index contributed by atoms with van der Waals surface area (Å²) in [4.78, 5) is 3.74. The molecule has 0 amide bonds. The molecule has 0 aliphatic rings. The summed E-state index contributed by atoms with van der Waals surface area (Å²) >= 11 is 8.56. The Morgan fingerprint density at radius 2 is 2.00 bits per heavy atom. The minimum Gasteiger partial charge on any atom is -0.438 e. The third kappa shape index (κ3) is 3.39. The van der Waals surface area contributed by atoms with Gasteiger partial charge in [0.15, 0.2) is 0 Å². The Balaban J connectivity index is 2.35. The average Bonchev–Trinajstić information content (AvgIpc) is 2.36. The van der Waals surface area contributed by atoms with Crippen LogP contribution in [0.3, 0.4) is 0 Å². The zero-order valence-electron chi connectivity index (χ0n) is 9.21. The number of benzene rings is 1. The van der Waals surface area contributed by atoms with Gasteiger partial charge in [-0.2, -0.15) is 0 Å². The van der Waals surface area contributed by atoms with Crippen molar-refractivity contribution in [1.29, 1.82) is 0 Å². The summed E-state index contributed by atoms with van der Waals surface area (Å²) in [5.74, 6) is -0.937. The molecular formula is C12H6BrClF3NO. The van der Waals surface area contributed by atoms with Crippen LogP contribution >= 0.6 is 27.5 Å². The second-order valence-electron chi connectivity index (χ2n) is 3.53. The number of rotatable bonds is 3. The first kappa shape index (κ1) is 14.1. The maximum Gasteiger partial charge on any atom is 0.269 e. The lowest BCUT2D eigenvalue weighted by atomic mass is 10.3. The highest BCUT2D eigenvalue weighted by Gasteiger charge is 2.17. The number of halogens is 5. The maximum atomic E-state index is 13.2. The average molecular weight is 353 g/mol. The molecule has 0 atom stereocenters. The number of alkyl halides is 2. The number of ether oxygens (including phenoxy) is 1. The minimum absolute atomic E-state index is 0.0404. The van der Waals surface area contributed by atoms with Crippen molar-refractivity contribution >= 4 is 27.5 Å². The van der Waals surface area contributed by atoms with E-state index in [1.54, 1.807) is 0 Å². The Kier molecular flexibility index (Phi) is 4.31. The molecule has 0 aliphatic heterocycles. The molecule has 100 valence electrons. The van der Waals surface area contributed by atoms with Crippen molar-refractivity contribution in [2.24, 2.45) is 0 Å². The summed E-state index contributed by atoms with van der Waals surface area (Å²) in [6, 6.07) is 4.83. The molecule has 1 heterocycles. The fourth-order valence-electron chi connectivity index (χ4n) is 1.34. The molecule has 1 aromatic carbocycles. The Morgan fingerprint density at radius 3 is 2.63 bits per heavy atom. The standard InChI is InChI=1S/C12H6BrClF3NO/c13-6-3-8(11(16)17)12(18-5-6)19-7-1-2-9(14)10(15)4-7/h1-5,11H. The van der Waals surface area contributed by atoms with Crippen molar-refractivity contribution in [3.05, 3.63) is 51.3 Å². The number of pyridine rings is 1. The molecular weight excluding hydrogens is 346 g/mol. The van der Waals surface area contributed by atoms with Crippen molar-refractivity contribution < 1.29 is 17.9 Å². The molecule has 0 fully saturated rings. The van der Waals surface area contributed by atoms with Crippen LogP contribution in [-0.4, -0.2) is 4.98 Å². The Morgan fingerprint density at radius 1 is 1.26 bits per heavy atom. The van der Waals surface area contributed by atoms with E-state index in [9.17, 15) is 13.2 Å². The molecule has 1 aromatic heterocycles. The van der Waals surface area contributed by atoms with Crippen molar-refractivity contribution in [1.82, 2.24) is 4.98 Å². The molecule has 0 unspecified atom stereocenters. The van der Waals surface area contributed by atoms with Gasteiger partial charge in [0.2, 0.25) is 5.88 Å². The number of hydrogen-bond donors (Lipinski definition) is 0. The molecule has 0 radical (unpaired) electrons. The summed E-state index contributed by atoms with van der Waals surface area (Å²) in [5, 5.41) is -0.0785. The molecule has 19 heavy (non-hydrogen) atoms. The zero-order valence-corrected chi connectivity index (χ0v) is 11.6. The van der Waals surface area contributed by atoms with Gasteiger partial charge in [-0.15, -0.1) is 0 Å². The van der Waals surface area contributed by atoms with Gasteiger partial charge < -0.3 is 4.74 Å². The highest BCUT2D eigenvalue weighted by Crippen LogP contribution is 2.33. The first-order valence-corrected chi connectivity index (χ1v) is 6.21. The van der Waals surface area contributed by atoms with Gasteiger partial charge in [-0.05, 0) is 34.1 Å². The van der Waals surface area contributed by atoms with Gasteiger partial charge in [0.25, 0.3) is 6.43 Å². The quantitative estimate of drug-likeness (QED) is 0.741. The fourth-order valence-corrected chi connectivity index (χ4v) is 1.80. The maximum absolute atomic E-state index is 13.2. The van der Waals surface area contributed by atoms with E-state index in [1.165, 1.54) is 24.4 Å². The number of hydrogen-bond acceptors (Lipinski definition) is 2. The van der Waals surface area contributed by atoms with E-state index in [-0.39, 0.29) is 22.2 Å². The van der Waals surface area contributed by atoms with E-state index in [4.69, 9.17) is 16.3 Å². The Hall–Kier alpha value is -1.27. The molecule has 0 aliphatic carbocycles. The first-order valence-electron chi connectivity index (χ1n) is 5.04. The smallest absolute Gasteiger partial charge is 0.269 e. The molecule has 7 heteroatoms. The van der Waals surface area contributed by atoms with Gasteiger partial charge >= 0.3 is 0 Å². The summed E-state index contributed by atoms with van der Waals surface area (Å²) < 4.78 is 44.4. The monoisotopic (exact) mass is 351 g/mol. The van der Waals surface area contributed by atoms with E-state index in [1.807, 2.05) is 0 Å². The fraction of sp³-hybridized carbons (Fsp3) is 0.0833. The lowest BCUT2D eigenvalue weighted by molar-refractivity contribution is 0.147. The molecule has 0 spiro atoms. The molecule has 2 rings (SSSR count). The molecule has 0 N–H and O–H groups in total. The lowest BCUT2D eigenvalue weighted by Gasteiger charge is -2.10. The van der Waals surface area contributed by atoms with Crippen LogP contribution in [0.15, 0.2) is 34.9 Å². The Bertz CT molecular complexity index is 610. The van der Waals surface area contributed by atoms with Gasteiger partial charge in [0.1, 0.15) is 11.6 Å². The predicted octanol–water partition coefficient (Wildman–Crippen LogP) is 5.37. The van der Waals surface area contributed by atoms with Crippen molar-refractivity contribution in [3.63, 3.8) is 0 Å². The van der Waals surface area contributed by atoms with Gasteiger partial charge in [0, 0.05) is 16.7 Å². The van der Waals surface area contributed by atoms with Gasteiger partial charge in [-0.25, -0.2) is 18.2 Å². The minimum atomic E-state index is -2.75. The Labute approximate surface area is 120 Å². The van der Waals surface area contributed by atoms with Gasteiger partial charge in [-0.1, -0.05) is 11.6 Å². The van der Waals surface area contributed by atoms with Crippen LogP contribution in [0.25, 0.3) is 0 Å². The highest BCUT2D eigenvalue weighted by molar-refractivity contribution is 9.10. The SMILES string of the molecule is Fc1cc(Oc2ncc(Br)cc2C(F)F)ccc1Cl. The van der Waals surface area contributed by atoms with Gasteiger partial charge in [0.05, 0.1) is 10.6 Å². The van der Waals surface area contributed by atoms with Crippen LogP contribution in [0.4, 0.5) is 13.2 Å². The van der Waals surface area contributed by atoms with Crippen LogP contribution in [0, 0.1) is 5.82 Å². The van der Waals surface area contributed by atoms with Gasteiger partial charge in [-0.3, -0.25) is 0 Å². The van der Waals surface area contributed by atoms with E-state index in [0.29, 0.717) is 4.47 Å². The van der Waals surface area contributed by atoms with Crippen molar-refractivity contribution in [2.45, 2.75) is 6.43 Å². The zero-order chi connectivity index (χ0) is 14.0. The third-order valence-corrected chi connectivity index (χ3v) is 2.93. The van der Waals surface area contributed by atoms with Crippen LogP contribution in [0.2, 0.25) is 5.02 Å². The van der Waals surface area contributed by atoms with E-state index in [0.717, 1.165) is 6.07 Å². The summed E-state index contributed by atoms with van der Waals surface area (Å²) in [5.41, 5.74) is -0.385. The van der Waals surface area contributed by atoms with E-state index >= 15 is 0 Å². The summed E-state index contributed by atoms with van der Waals surface area (Å²) in [6.07, 6.45) is -1.44. The van der Waals surface area contributed by atoms with Crippen LogP contribution in [0.5, 0.6) is 11.6 Å². The highest BCUT2D eigenvalue weighted by atomic mass is 79.9. The third-order valence-electron chi connectivity index (χ3n) is 2.19. The van der Waals surface area contributed by atoms with Crippen LogP contribution in [0.1, 0.15) is 12.0 Å². The summed E-state index contributed by atoms with van der Waals surface area (Å²) in [6.45, 7) is 0. The topological polar surface area (TPSA) is 22.1 Å². The van der Waals surface area contributed by atoms with E-state index in [2.05, 4.69) is 20.9 Å². The largest absolute Gasteiger partial charge is 0.438 e. The predicted molar refractivity (Wildman–Crippen MR) is 68.4 cm³/mol. The second-order valence-corrected chi connectivity index (χ2v) is 4.85. The lowest BCUT2D eigenvalue weighted by Crippen LogP contribution is -1.96. The van der Waals surface area contributed by atoms with Crippen molar-refractivity contribution in [3.8, 4) is 11.6 Å². The summed E-state index contributed by atoms with van der Waals surface area (Å²) in [7, 11) is 0. The first-order chi connectivity index (χ1) is 8.97. The molecule has 0 saturated carbocycles.